The number of benzene rings is 2. The van der Waals surface area contributed by atoms with Gasteiger partial charge in [0.15, 0.2) is 5.54 Å². The lowest BCUT2D eigenvalue weighted by molar-refractivity contribution is -0.142. The molecule has 0 saturated heterocycles. The zero-order chi connectivity index (χ0) is 15.6. The van der Waals surface area contributed by atoms with Crippen LogP contribution in [0.15, 0.2) is 42.5 Å². The number of hydrogen-bond donors (Lipinski definition) is 2. The Kier molecular flexibility index (Phi) is 3.98. The van der Waals surface area contributed by atoms with Crippen molar-refractivity contribution in [1.82, 2.24) is 0 Å². The Bertz CT molecular complexity index is 684. The molecule has 3 nitrogen and oxygen atoms in total. The Hall–Kier alpha value is -2.36. The molecule has 0 amide bonds. The Morgan fingerprint density at radius 1 is 1.14 bits per heavy atom. The fourth-order valence-electron chi connectivity index (χ4n) is 2.16. The van der Waals surface area contributed by atoms with E-state index in [1.165, 1.54) is 12.1 Å². The van der Waals surface area contributed by atoms with E-state index in [4.69, 9.17) is 0 Å². The maximum Gasteiger partial charge on any atom is 0.333 e. The first-order valence-corrected chi connectivity index (χ1v) is 6.68. The standard InChI is InChI=1S/C17H18FNO2/c1-11-7-8-13(9-12(11)2)17(3,16(20)21)19-15-6-4-5-14(18)10-15/h4-10,19H,1-3H3,(H,20,21). The molecule has 0 spiro atoms. The summed E-state index contributed by atoms with van der Waals surface area (Å²) >= 11 is 0. The maximum atomic E-state index is 13.3. The number of aliphatic carboxylic acids is 1. The van der Waals surface area contributed by atoms with Crippen LogP contribution in [0.2, 0.25) is 0 Å². The zero-order valence-electron chi connectivity index (χ0n) is 12.3. The normalized spacial score (nSPS) is 13.5. The van der Waals surface area contributed by atoms with Crippen molar-refractivity contribution in [2.45, 2.75) is 26.3 Å². The molecule has 0 aliphatic heterocycles. The van der Waals surface area contributed by atoms with Crippen molar-refractivity contribution in [1.29, 1.82) is 0 Å². The fourth-order valence-corrected chi connectivity index (χ4v) is 2.16. The van der Waals surface area contributed by atoms with Gasteiger partial charge in [-0.2, -0.15) is 0 Å². The number of anilines is 1. The second-order valence-electron chi connectivity index (χ2n) is 5.36. The first-order chi connectivity index (χ1) is 9.83. The van der Waals surface area contributed by atoms with E-state index in [1.54, 1.807) is 25.1 Å². The number of rotatable bonds is 4. The number of hydrogen-bond acceptors (Lipinski definition) is 2. The van der Waals surface area contributed by atoms with Gasteiger partial charge in [0.25, 0.3) is 0 Å². The molecule has 110 valence electrons. The van der Waals surface area contributed by atoms with Crippen molar-refractivity contribution in [2.24, 2.45) is 0 Å². The van der Waals surface area contributed by atoms with Gasteiger partial charge in [0.1, 0.15) is 5.82 Å². The Balaban J connectivity index is 2.45. The molecule has 0 fully saturated rings. The van der Waals surface area contributed by atoms with Gasteiger partial charge < -0.3 is 10.4 Å². The molecule has 1 atom stereocenters. The third-order valence-electron chi connectivity index (χ3n) is 3.73. The van der Waals surface area contributed by atoms with Crippen LogP contribution in [-0.4, -0.2) is 11.1 Å². The number of carbonyl (C=O) groups is 1. The number of halogens is 1. The Morgan fingerprint density at radius 2 is 1.86 bits per heavy atom. The van der Waals surface area contributed by atoms with Gasteiger partial charge in [-0.25, -0.2) is 9.18 Å². The monoisotopic (exact) mass is 287 g/mol. The van der Waals surface area contributed by atoms with Crippen LogP contribution in [0.4, 0.5) is 10.1 Å². The lowest BCUT2D eigenvalue weighted by Gasteiger charge is -2.28. The summed E-state index contributed by atoms with van der Waals surface area (Å²) in [5.74, 6) is -1.43. The van der Waals surface area contributed by atoms with Crippen LogP contribution < -0.4 is 5.32 Å². The van der Waals surface area contributed by atoms with Crippen LogP contribution in [0.3, 0.4) is 0 Å². The summed E-state index contributed by atoms with van der Waals surface area (Å²) in [6.07, 6.45) is 0. The summed E-state index contributed by atoms with van der Waals surface area (Å²) < 4.78 is 13.3. The molecule has 0 heterocycles. The smallest absolute Gasteiger partial charge is 0.333 e. The van der Waals surface area contributed by atoms with Gasteiger partial charge in [0.2, 0.25) is 0 Å². The number of carboxylic acids is 1. The van der Waals surface area contributed by atoms with Gasteiger partial charge in [-0.1, -0.05) is 24.3 Å². The van der Waals surface area contributed by atoms with Crippen molar-refractivity contribution >= 4 is 11.7 Å². The van der Waals surface area contributed by atoms with Gasteiger partial charge in [-0.15, -0.1) is 0 Å². The summed E-state index contributed by atoms with van der Waals surface area (Å²) in [5.41, 5.74) is 1.84. The summed E-state index contributed by atoms with van der Waals surface area (Å²) in [4.78, 5) is 11.8. The van der Waals surface area contributed by atoms with E-state index in [1.807, 2.05) is 26.0 Å². The van der Waals surface area contributed by atoms with Crippen LogP contribution in [-0.2, 0) is 10.3 Å². The van der Waals surface area contributed by atoms with Crippen LogP contribution in [0, 0.1) is 19.7 Å². The van der Waals surface area contributed by atoms with Crippen LogP contribution in [0.1, 0.15) is 23.6 Å². The van der Waals surface area contributed by atoms with E-state index in [0.717, 1.165) is 11.1 Å². The van der Waals surface area contributed by atoms with Crippen molar-refractivity contribution in [2.75, 3.05) is 5.32 Å². The molecule has 2 rings (SSSR count). The first-order valence-electron chi connectivity index (χ1n) is 6.68. The van der Waals surface area contributed by atoms with Gasteiger partial charge in [-0.05, 0) is 55.7 Å². The van der Waals surface area contributed by atoms with Crippen molar-refractivity contribution in [3.05, 3.63) is 65.0 Å². The van der Waals surface area contributed by atoms with E-state index < -0.39 is 17.3 Å². The number of carboxylic acid groups (broad SMARTS) is 1. The topological polar surface area (TPSA) is 49.3 Å². The minimum atomic E-state index is -1.33. The summed E-state index contributed by atoms with van der Waals surface area (Å²) in [7, 11) is 0. The predicted molar refractivity (Wildman–Crippen MR) is 80.9 cm³/mol. The highest BCUT2D eigenvalue weighted by atomic mass is 19.1. The highest BCUT2D eigenvalue weighted by Crippen LogP contribution is 2.28. The molecule has 2 N–H and O–H groups in total. The molecular formula is C17H18FNO2. The summed E-state index contributed by atoms with van der Waals surface area (Å²) in [6, 6.07) is 11.3. The molecule has 0 saturated carbocycles. The van der Waals surface area contributed by atoms with Crippen LogP contribution >= 0.6 is 0 Å². The molecule has 2 aromatic rings. The summed E-state index contributed by atoms with van der Waals surface area (Å²) in [5, 5.41) is 12.5. The molecule has 21 heavy (non-hydrogen) atoms. The Morgan fingerprint density at radius 3 is 2.43 bits per heavy atom. The van der Waals surface area contributed by atoms with Gasteiger partial charge in [-0.3, -0.25) is 0 Å². The second-order valence-corrected chi connectivity index (χ2v) is 5.36. The molecule has 0 bridgehead atoms. The first kappa shape index (κ1) is 15.0. The van der Waals surface area contributed by atoms with E-state index in [-0.39, 0.29) is 0 Å². The molecule has 1 unspecified atom stereocenters. The lowest BCUT2D eigenvalue weighted by Crippen LogP contribution is -2.40. The van der Waals surface area contributed by atoms with Gasteiger partial charge >= 0.3 is 5.97 Å². The van der Waals surface area contributed by atoms with E-state index >= 15 is 0 Å². The van der Waals surface area contributed by atoms with E-state index in [2.05, 4.69) is 5.32 Å². The lowest BCUT2D eigenvalue weighted by atomic mass is 9.89. The molecule has 2 aromatic carbocycles. The average Bonchev–Trinajstić information content (AvgIpc) is 2.41. The largest absolute Gasteiger partial charge is 0.479 e. The highest BCUT2D eigenvalue weighted by Gasteiger charge is 2.35. The van der Waals surface area contributed by atoms with Gasteiger partial charge in [0, 0.05) is 5.69 Å². The van der Waals surface area contributed by atoms with E-state index in [0.29, 0.717) is 11.3 Å². The minimum Gasteiger partial charge on any atom is -0.479 e. The molecule has 0 radical (unpaired) electrons. The fraction of sp³-hybridized carbons (Fsp3) is 0.235. The van der Waals surface area contributed by atoms with Gasteiger partial charge in [0.05, 0.1) is 0 Å². The van der Waals surface area contributed by atoms with Crippen molar-refractivity contribution in [3.8, 4) is 0 Å². The zero-order valence-corrected chi connectivity index (χ0v) is 12.3. The predicted octanol–water partition coefficient (Wildman–Crippen LogP) is 3.85. The summed E-state index contributed by atoms with van der Waals surface area (Å²) in [6.45, 7) is 5.48. The third kappa shape index (κ3) is 3.05. The van der Waals surface area contributed by atoms with Crippen LogP contribution in [0.5, 0.6) is 0 Å². The van der Waals surface area contributed by atoms with Crippen molar-refractivity contribution in [3.63, 3.8) is 0 Å². The molecule has 0 aliphatic carbocycles. The number of aryl methyl sites for hydroxylation is 2. The number of nitrogens with one attached hydrogen (secondary N) is 1. The van der Waals surface area contributed by atoms with Crippen molar-refractivity contribution < 1.29 is 14.3 Å². The minimum absolute atomic E-state index is 0.409. The van der Waals surface area contributed by atoms with Crippen LogP contribution in [0.25, 0.3) is 0 Å². The molecule has 0 aromatic heterocycles. The van der Waals surface area contributed by atoms with E-state index in [9.17, 15) is 14.3 Å². The SMILES string of the molecule is Cc1ccc(C(C)(Nc2cccc(F)c2)C(=O)O)cc1C. The average molecular weight is 287 g/mol. The second kappa shape index (κ2) is 5.56. The molecule has 4 heteroatoms. The quantitative estimate of drug-likeness (QED) is 0.898. The molecular weight excluding hydrogens is 269 g/mol. The Labute approximate surface area is 123 Å². The third-order valence-corrected chi connectivity index (χ3v) is 3.73. The highest BCUT2D eigenvalue weighted by molar-refractivity contribution is 5.84. The molecule has 0 aliphatic rings. The maximum absolute atomic E-state index is 13.3.